The minimum absolute atomic E-state index is 0.598. The maximum Gasteiger partial charge on any atom is 0.305 e. The van der Waals surface area contributed by atoms with Gasteiger partial charge in [-0.1, -0.05) is 0 Å². The molecule has 0 aromatic rings. The van der Waals surface area contributed by atoms with Crippen molar-refractivity contribution in [3.8, 4) is 0 Å². The smallest absolute Gasteiger partial charge is 0.305 e. The van der Waals surface area contributed by atoms with E-state index in [0.29, 0.717) is 0 Å². The fourth-order valence-corrected chi connectivity index (χ4v) is 2.12. The van der Waals surface area contributed by atoms with E-state index < -0.39 is 41.7 Å². The minimum Gasteiger partial charge on any atom is -0.420 e. The number of esters is 1. The Kier molecular flexibility index (Phi) is 4.27. The number of hydrogen-bond donors (Lipinski definition) is 4. The van der Waals surface area contributed by atoms with E-state index in [2.05, 4.69) is 20.7 Å². The number of carbonyl (C=O) groups excluding carboxylic acids is 1. The lowest BCUT2D eigenvalue weighted by Gasteiger charge is -2.43. The number of alkyl halides is 1. The molecular weight excluding hydrogens is 288 g/mol. The van der Waals surface area contributed by atoms with E-state index in [1.54, 1.807) is 0 Å². The van der Waals surface area contributed by atoms with Crippen LogP contribution in [0.1, 0.15) is 6.92 Å². The Morgan fingerprint density at radius 1 is 1.44 bits per heavy atom. The van der Waals surface area contributed by atoms with E-state index in [0.717, 1.165) is 6.92 Å². The molecule has 7 nitrogen and oxygen atoms in total. The van der Waals surface area contributed by atoms with Crippen LogP contribution in [0.3, 0.4) is 0 Å². The maximum atomic E-state index is 10.8. The first kappa shape index (κ1) is 13.8. The van der Waals surface area contributed by atoms with Crippen molar-refractivity contribution in [2.24, 2.45) is 0 Å². The molecule has 0 amide bonds. The number of aliphatic hydroxyl groups is 4. The SMILES string of the molecule is CC(=O)O[C@@]1(Br)O[C@H](CO)[C@@H](O)[C@H](O)[C@H]1O. The fraction of sp³-hybridized carbons (Fsp3) is 0.875. The molecule has 0 saturated carbocycles. The summed E-state index contributed by atoms with van der Waals surface area (Å²) in [6, 6.07) is 0. The van der Waals surface area contributed by atoms with E-state index >= 15 is 0 Å². The zero-order chi connectivity index (χ0) is 12.5. The molecule has 8 heteroatoms. The van der Waals surface area contributed by atoms with Crippen LogP contribution in [-0.2, 0) is 14.3 Å². The van der Waals surface area contributed by atoms with Gasteiger partial charge in [0.15, 0.2) is 6.10 Å². The quantitative estimate of drug-likeness (QED) is 0.347. The van der Waals surface area contributed by atoms with Crippen molar-refractivity contribution in [3.63, 3.8) is 0 Å². The third-order valence-corrected chi connectivity index (χ3v) is 3.00. The van der Waals surface area contributed by atoms with Crippen LogP contribution < -0.4 is 0 Å². The Morgan fingerprint density at radius 3 is 2.44 bits per heavy atom. The van der Waals surface area contributed by atoms with E-state index in [1.165, 1.54) is 0 Å². The second-order valence-corrected chi connectivity index (χ2v) is 4.55. The molecule has 0 radical (unpaired) electrons. The summed E-state index contributed by atoms with van der Waals surface area (Å²) in [5, 5.41) is 37.4. The highest BCUT2D eigenvalue weighted by Gasteiger charge is 2.54. The molecule has 0 bridgehead atoms. The fourth-order valence-electron chi connectivity index (χ4n) is 1.38. The normalized spacial score (nSPS) is 44.1. The van der Waals surface area contributed by atoms with Crippen LogP contribution in [0.25, 0.3) is 0 Å². The molecule has 0 aromatic heterocycles. The molecule has 1 heterocycles. The van der Waals surface area contributed by atoms with Crippen molar-refractivity contribution in [1.82, 2.24) is 0 Å². The number of ether oxygens (including phenoxy) is 2. The van der Waals surface area contributed by atoms with Gasteiger partial charge >= 0.3 is 5.97 Å². The van der Waals surface area contributed by atoms with E-state index in [1.807, 2.05) is 0 Å². The lowest BCUT2D eigenvalue weighted by atomic mass is 9.99. The van der Waals surface area contributed by atoms with E-state index in [4.69, 9.17) is 9.84 Å². The van der Waals surface area contributed by atoms with Gasteiger partial charge in [-0.2, -0.15) is 0 Å². The van der Waals surface area contributed by atoms with Gasteiger partial charge < -0.3 is 29.9 Å². The molecule has 0 aliphatic carbocycles. The molecule has 1 fully saturated rings. The van der Waals surface area contributed by atoms with Crippen LogP contribution in [0.2, 0.25) is 0 Å². The minimum atomic E-state index is -1.97. The molecule has 0 aromatic carbocycles. The van der Waals surface area contributed by atoms with Gasteiger partial charge in [-0.3, -0.25) is 4.79 Å². The van der Waals surface area contributed by atoms with Gasteiger partial charge in [0.1, 0.15) is 18.3 Å². The van der Waals surface area contributed by atoms with Gasteiger partial charge in [-0.15, -0.1) is 0 Å². The third-order valence-electron chi connectivity index (χ3n) is 2.18. The zero-order valence-corrected chi connectivity index (χ0v) is 9.99. The number of rotatable bonds is 2. The maximum absolute atomic E-state index is 10.8. The summed E-state index contributed by atoms with van der Waals surface area (Å²) >= 11 is 2.81. The summed E-state index contributed by atoms with van der Waals surface area (Å²) in [5.74, 6) is -0.754. The highest BCUT2D eigenvalue weighted by Crippen LogP contribution is 2.36. The topological polar surface area (TPSA) is 116 Å². The number of carbonyl (C=O) groups is 1. The predicted octanol–water partition coefficient (Wildman–Crippen LogP) is -1.93. The third kappa shape index (κ3) is 2.53. The van der Waals surface area contributed by atoms with E-state index in [-0.39, 0.29) is 0 Å². The molecular formula is C8H13BrO7. The van der Waals surface area contributed by atoms with Gasteiger partial charge in [0, 0.05) is 6.92 Å². The monoisotopic (exact) mass is 300 g/mol. The van der Waals surface area contributed by atoms with Crippen LogP contribution >= 0.6 is 15.9 Å². The number of halogens is 1. The molecule has 16 heavy (non-hydrogen) atoms. The van der Waals surface area contributed by atoms with Gasteiger partial charge in [0.05, 0.1) is 6.61 Å². The lowest BCUT2D eigenvalue weighted by Crippen LogP contribution is -2.63. The Hall–Kier alpha value is -0.250. The molecule has 1 rings (SSSR count). The summed E-state index contributed by atoms with van der Waals surface area (Å²) < 4.78 is 7.69. The van der Waals surface area contributed by atoms with Crippen LogP contribution in [0.15, 0.2) is 0 Å². The zero-order valence-electron chi connectivity index (χ0n) is 8.41. The lowest BCUT2D eigenvalue weighted by molar-refractivity contribution is -0.306. The standard InChI is InChI=1S/C8H13BrO7/c1-3(11)15-8(9)7(14)6(13)5(12)4(2-10)16-8/h4-7,10,12-14H,2H2,1H3/t4-,5-,6+,7-,8-/m1/s1. The van der Waals surface area contributed by atoms with Crippen molar-refractivity contribution in [2.45, 2.75) is 36.0 Å². The second-order valence-electron chi connectivity index (χ2n) is 3.44. The predicted molar refractivity (Wildman–Crippen MR) is 53.4 cm³/mol. The molecule has 4 N–H and O–H groups in total. The summed E-state index contributed by atoms with van der Waals surface area (Å²) in [7, 11) is 0. The molecule has 1 saturated heterocycles. The Labute approximate surface area is 99.7 Å². The number of aliphatic hydroxyl groups excluding tert-OH is 4. The molecule has 1 aliphatic rings. The first-order chi connectivity index (χ1) is 7.31. The molecule has 5 atom stereocenters. The number of hydrogen-bond acceptors (Lipinski definition) is 7. The van der Waals surface area contributed by atoms with Crippen LogP contribution in [0.5, 0.6) is 0 Å². The van der Waals surface area contributed by atoms with Crippen molar-refractivity contribution in [3.05, 3.63) is 0 Å². The highest BCUT2D eigenvalue weighted by molar-refractivity contribution is 9.10. The molecule has 0 spiro atoms. The van der Waals surface area contributed by atoms with Gasteiger partial charge in [0.25, 0.3) is 4.70 Å². The largest absolute Gasteiger partial charge is 0.420 e. The Balaban J connectivity index is 2.89. The summed E-state index contributed by atoms with van der Waals surface area (Å²) in [5.41, 5.74) is 0. The molecule has 94 valence electrons. The first-order valence-corrected chi connectivity index (χ1v) is 5.32. The molecule has 0 unspecified atom stereocenters. The van der Waals surface area contributed by atoms with Crippen LogP contribution in [-0.4, -0.2) is 62.1 Å². The summed E-state index contributed by atoms with van der Waals surface area (Å²) in [6.07, 6.45) is -5.92. The highest BCUT2D eigenvalue weighted by atomic mass is 79.9. The van der Waals surface area contributed by atoms with Crippen molar-refractivity contribution in [1.29, 1.82) is 0 Å². The Bertz CT molecular complexity index is 271. The van der Waals surface area contributed by atoms with Gasteiger partial charge in [0.2, 0.25) is 0 Å². The first-order valence-electron chi connectivity index (χ1n) is 4.53. The van der Waals surface area contributed by atoms with Crippen molar-refractivity contribution >= 4 is 21.9 Å². The molecule has 1 aliphatic heterocycles. The Morgan fingerprint density at radius 2 is 2.00 bits per heavy atom. The van der Waals surface area contributed by atoms with Crippen molar-refractivity contribution in [2.75, 3.05) is 6.61 Å². The van der Waals surface area contributed by atoms with Crippen molar-refractivity contribution < 1.29 is 34.7 Å². The average molecular weight is 301 g/mol. The summed E-state index contributed by atoms with van der Waals surface area (Å²) in [6.45, 7) is 0.490. The summed E-state index contributed by atoms with van der Waals surface area (Å²) in [4.78, 5) is 10.8. The van der Waals surface area contributed by atoms with Crippen LogP contribution in [0, 0.1) is 0 Å². The van der Waals surface area contributed by atoms with Gasteiger partial charge in [-0.25, -0.2) is 0 Å². The van der Waals surface area contributed by atoms with Gasteiger partial charge in [-0.05, 0) is 15.9 Å². The van der Waals surface area contributed by atoms with E-state index in [9.17, 15) is 20.1 Å². The second kappa shape index (κ2) is 4.94. The van der Waals surface area contributed by atoms with Crippen LogP contribution in [0.4, 0.5) is 0 Å². The average Bonchev–Trinajstić information content (AvgIpc) is 2.20.